The van der Waals surface area contributed by atoms with Crippen molar-refractivity contribution in [3.8, 4) is 0 Å². The molecule has 1 fully saturated rings. The summed E-state index contributed by atoms with van der Waals surface area (Å²) in [7, 11) is 0. The Bertz CT molecular complexity index is 738. The van der Waals surface area contributed by atoms with Crippen LogP contribution in [0.5, 0.6) is 0 Å². The molecule has 138 valence electrons. The van der Waals surface area contributed by atoms with Crippen LogP contribution >= 0.6 is 11.8 Å². The maximum absolute atomic E-state index is 10.9. The lowest BCUT2D eigenvalue weighted by molar-refractivity contribution is -0.138. The monoisotopic (exact) mass is 373 g/mol. The average Bonchev–Trinajstić information content (AvgIpc) is 3.47. The van der Waals surface area contributed by atoms with Gasteiger partial charge in [0.15, 0.2) is 0 Å². The molecule has 0 aliphatic heterocycles. The SMILES string of the molecule is CSc1cnc(NC[C@H](C)CNc2ccc(C3CC3C(=O)O)cn2)nc1. The van der Waals surface area contributed by atoms with Crippen molar-refractivity contribution in [2.24, 2.45) is 11.8 Å². The van der Waals surface area contributed by atoms with Gasteiger partial charge in [0.1, 0.15) is 5.82 Å². The van der Waals surface area contributed by atoms with E-state index in [0.29, 0.717) is 18.3 Å². The summed E-state index contributed by atoms with van der Waals surface area (Å²) in [6.45, 7) is 3.65. The van der Waals surface area contributed by atoms with Crippen molar-refractivity contribution in [3.05, 3.63) is 36.3 Å². The van der Waals surface area contributed by atoms with Gasteiger partial charge in [-0.1, -0.05) is 13.0 Å². The molecule has 2 heterocycles. The Morgan fingerprint density at radius 3 is 2.54 bits per heavy atom. The maximum Gasteiger partial charge on any atom is 0.307 e. The number of nitrogens with zero attached hydrogens (tertiary/aromatic N) is 3. The molecule has 3 N–H and O–H groups in total. The van der Waals surface area contributed by atoms with E-state index >= 15 is 0 Å². The minimum Gasteiger partial charge on any atom is -0.481 e. The second-order valence-electron chi connectivity index (χ2n) is 6.58. The molecule has 8 heteroatoms. The fourth-order valence-electron chi connectivity index (χ4n) is 2.69. The van der Waals surface area contributed by atoms with E-state index in [2.05, 4.69) is 32.5 Å². The van der Waals surface area contributed by atoms with E-state index in [1.54, 1.807) is 18.0 Å². The van der Waals surface area contributed by atoms with E-state index in [0.717, 1.165) is 29.4 Å². The van der Waals surface area contributed by atoms with E-state index in [-0.39, 0.29) is 11.8 Å². The Labute approximate surface area is 157 Å². The predicted molar refractivity (Wildman–Crippen MR) is 103 cm³/mol. The number of aliphatic carboxylic acids is 1. The zero-order valence-corrected chi connectivity index (χ0v) is 15.7. The summed E-state index contributed by atoms with van der Waals surface area (Å²) in [4.78, 5) is 24.9. The van der Waals surface area contributed by atoms with E-state index < -0.39 is 5.97 Å². The number of carbonyl (C=O) groups is 1. The maximum atomic E-state index is 10.9. The number of carboxylic acid groups (broad SMARTS) is 1. The third-order valence-corrected chi connectivity index (χ3v) is 5.11. The van der Waals surface area contributed by atoms with E-state index in [4.69, 9.17) is 5.11 Å². The number of hydrogen-bond donors (Lipinski definition) is 3. The van der Waals surface area contributed by atoms with Gasteiger partial charge in [0.25, 0.3) is 0 Å². The van der Waals surface area contributed by atoms with Crippen LogP contribution in [0.4, 0.5) is 11.8 Å². The highest BCUT2D eigenvalue weighted by atomic mass is 32.2. The molecule has 7 nitrogen and oxygen atoms in total. The highest BCUT2D eigenvalue weighted by Gasteiger charge is 2.44. The molecule has 2 aromatic heterocycles. The molecule has 1 aliphatic rings. The van der Waals surface area contributed by atoms with Crippen LogP contribution in [0, 0.1) is 11.8 Å². The molecule has 0 radical (unpaired) electrons. The second kappa shape index (κ2) is 8.35. The van der Waals surface area contributed by atoms with Gasteiger partial charge in [-0.2, -0.15) is 0 Å². The Balaban J connectivity index is 1.41. The largest absolute Gasteiger partial charge is 0.481 e. The first-order chi connectivity index (χ1) is 12.6. The lowest BCUT2D eigenvalue weighted by Gasteiger charge is -2.14. The van der Waals surface area contributed by atoms with Gasteiger partial charge in [-0.25, -0.2) is 15.0 Å². The van der Waals surface area contributed by atoms with E-state index in [9.17, 15) is 4.79 Å². The Morgan fingerprint density at radius 2 is 1.96 bits per heavy atom. The smallest absolute Gasteiger partial charge is 0.307 e. The van der Waals surface area contributed by atoms with Crippen LogP contribution in [0.2, 0.25) is 0 Å². The van der Waals surface area contributed by atoms with Crippen molar-refractivity contribution in [3.63, 3.8) is 0 Å². The van der Waals surface area contributed by atoms with Crippen LogP contribution in [0.15, 0.2) is 35.6 Å². The van der Waals surface area contributed by atoms with E-state index in [1.807, 2.05) is 30.8 Å². The van der Waals surface area contributed by atoms with Gasteiger partial charge in [-0.15, -0.1) is 11.8 Å². The molecule has 26 heavy (non-hydrogen) atoms. The molecule has 0 spiro atoms. The Hall–Kier alpha value is -2.35. The number of nitrogens with one attached hydrogen (secondary N) is 2. The number of thioether (sulfide) groups is 1. The number of anilines is 2. The zero-order valence-electron chi connectivity index (χ0n) is 14.8. The second-order valence-corrected chi connectivity index (χ2v) is 7.46. The average molecular weight is 373 g/mol. The minimum atomic E-state index is -0.717. The van der Waals surface area contributed by atoms with Crippen molar-refractivity contribution in [1.29, 1.82) is 0 Å². The highest BCUT2D eigenvalue weighted by Crippen LogP contribution is 2.47. The standard InChI is InChI=1S/C18H23N5O2S/c1-11(7-21-18-22-9-13(26-2)10-23-18)6-19-16-4-3-12(8-20-16)14-5-15(14)17(24)25/h3-4,8-11,14-15H,5-7H2,1-2H3,(H,19,20)(H,24,25)(H,21,22,23)/t11-,14?,15?/m1/s1. The molecule has 3 atom stereocenters. The fraction of sp³-hybridized carbons (Fsp3) is 0.444. The van der Waals surface area contributed by atoms with Crippen molar-refractivity contribution in [2.75, 3.05) is 30.0 Å². The lowest BCUT2D eigenvalue weighted by Crippen LogP contribution is -2.21. The topological polar surface area (TPSA) is 100 Å². The van der Waals surface area contributed by atoms with Gasteiger partial charge >= 0.3 is 5.97 Å². The normalized spacial score (nSPS) is 19.6. The molecule has 2 aromatic rings. The first-order valence-electron chi connectivity index (χ1n) is 8.59. The number of aromatic nitrogens is 3. The van der Waals surface area contributed by atoms with Gasteiger partial charge in [0.2, 0.25) is 5.95 Å². The molecule has 2 unspecified atom stereocenters. The quantitative estimate of drug-likeness (QED) is 0.577. The molecular weight excluding hydrogens is 350 g/mol. The summed E-state index contributed by atoms with van der Waals surface area (Å²) in [6.07, 6.45) is 8.11. The third-order valence-electron chi connectivity index (χ3n) is 4.43. The zero-order chi connectivity index (χ0) is 18.5. The lowest BCUT2D eigenvalue weighted by atomic mass is 10.1. The molecular formula is C18H23N5O2S. The number of hydrogen-bond acceptors (Lipinski definition) is 7. The van der Waals surface area contributed by atoms with Crippen molar-refractivity contribution in [2.45, 2.75) is 24.2 Å². The first-order valence-corrected chi connectivity index (χ1v) is 9.82. The van der Waals surface area contributed by atoms with Crippen molar-refractivity contribution < 1.29 is 9.90 Å². The van der Waals surface area contributed by atoms with Gasteiger partial charge < -0.3 is 15.7 Å². The molecule has 0 amide bonds. The predicted octanol–water partition coefficient (Wildman–Crippen LogP) is 2.94. The summed E-state index contributed by atoms with van der Waals surface area (Å²) in [5.74, 6) is 0.956. The van der Waals surface area contributed by atoms with Crippen molar-refractivity contribution >= 4 is 29.5 Å². The summed E-state index contributed by atoms with van der Waals surface area (Å²) in [6, 6.07) is 3.88. The number of rotatable bonds is 9. The van der Waals surface area contributed by atoms with Gasteiger partial charge in [0.05, 0.1) is 5.92 Å². The highest BCUT2D eigenvalue weighted by molar-refractivity contribution is 7.98. The molecule has 1 saturated carbocycles. The Kier molecular flexibility index (Phi) is 5.92. The van der Waals surface area contributed by atoms with Gasteiger partial charge in [0, 0.05) is 36.6 Å². The fourth-order valence-corrected chi connectivity index (χ4v) is 3.01. The Morgan fingerprint density at radius 1 is 1.23 bits per heavy atom. The molecule has 1 aliphatic carbocycles. The van der Waals surface area contributed by atoms with Gasteiger partial charge in [-0.3, -0.25) is 4.79 Å². The molecule has 3 rings (SSSR count). The molecule has 0 bridgehead atoms. The summed E-state index contributed by atoms with van der Waals surface area (Å²) >= 11 is 1.62. The summed E-state index contributed by atoms with van der Waals surface area (Å²) < 4.78 is 0. The first kappa shape index (κ1) is 18.4. The van der Waals surface area contributed by atoms with Crippen LogP contribution < -0.4 is 10.6 Å². The number of carboxylic acids is 1. The third kappa shape index (κ3) is 4.85. The van der Waals surface area contributed by atoms with Crippen LogP contribution in [-0.2, 0) is 4.79 Å². The molecule has 0 aromatic carbocycles. The molecule has 0 saturated heterocycles. The minimum absolute atomic E-state index is 0.120. The van der Waals surface area contributed by atoms with Crippen LogP contribution in [0.1, 0.15) is 24.8 Å². The van der Waals surface area contributed by atoms with Crippen LogP contribution in [0.3, 0.4) is 0 Å². The van der Waals surface area contributed by atoms with Crippen LogP contribution in [-0.4, -0.2) is 45.4 Å². The summed E-state index contributed by atoms with van der Waals surface area (Å²) in [5.41, 5.74) is 1.00. The van der Waals surface area contributed by atoms with Crippen molar-refractivity contribution in [1.82, 2.24) is 15.0 Å². The van der Waals surface area contributed by atoms with Gasteiger partial charge in [-0.05, 0) is 36.1 Å². The van der Waals surface area contributed by atoms with Crippen LogP contribution in [0.25, 0.3) is 0 Å². The van der Waals surface area contributed by atoms with E-state index in [1.165, 1.54) is 0 Å². The number of pyridine rings is 1. The summed E-state index contributed by atoms with van der Waals surface area (Å²) in [5, 5.41) is 15.5.